The number of aromatic nitrogens is 1. The van der Waals surface area contributed by atoms with Gasteiger partial charge in [0.25, 0.3) is 0 Å². The minimum absolute atomic E-state index is 0.990. The number of hydrogen-bond acceptors (Lipinski definition) is 1. The molecule has 0 unspecified atom stereocenters. The van der Waals surface area contributed by atoms with Gasteiger partial charge in [-0.25, -0.2) is 4.57 Å². The smallest absolute Gasteiger partial charge is 0.169 e. The van der Waals surface area contributed by atoms with Crippen molar-refractivity contribution in [2.75, 3.05) is 13.6 Å². The average molecular weight is 239 g/mol. The Bertz CT molecular complexity index is 486. The van der Waals surface area contributed by atoms with E-state index in [1.54, 1.807) is 0 Å². The molecule has 1 N–H and O–H groups in total. The molecule has 1 heterocycles. The molecular formula is C16H19N2+. The van der Waals surface area contributed by atoms with Gasteiger partial charge in [0.1, 0.15) is 0 Å². The summed E-state index contributed by atoms with van der Waals surface area (Å²) in [6.07, 6.45) is 8.50. The van der Waals surface area contributed by atoms with Crippen LogP contribution in [0.1, 0.15) is 11.1 Å². The molecule has 0 amide bonds. The number of likely N-dealkylation sites (N-methyl/N-ethyl adjacent to an activating group) is 1. The third-order valence-electron chi connectivity index (χ3n) is 2.80. The van der Waals surface area contributed by atoms with Crippen LogP contribution in [0.2, 0.25) is 0 Å². The van der Waals surface area contributed by atoms with Gasteiger partial charge in [-0.15, -0.1) is 0 Å². The highest BCUT2D eigenvalue weighted by molar-refractivity contribution is 5.68. The lowest BCUT2D eigenvalue weighted by atomic mass is 10.1. The van der Waals surface area contributed by atoms with Gasteiger partial charge in [0, 0.05) is 12.1 Å². The third kappa shape index (κ3) is 3.82. The van der Waals surface area contributed by atoms with Crippen LogP contribution < -0.4 is 9.88 Å². The molecule has 0 aliphatic rings. The summed E-state index contributed by atoms with van der Waals surface area (Å²) in [5, 5.41) is 3.14. The predicted octanol–water partition coefficient (Wildman–Crippen LogP) is 2.36. The number of benzene rings is 1. The van der Waals surface area contributed by atoms with E-state index in [1.807, 2.05) is 13.1 Å². The Morgan fingerprint density at radius 3 is 2.17 bits per heavy atom. The van der Waals surface area contributed by atoms with Crippen molar-refractivity contribution < 1.29 is 4.57 Å². The van der Waals surface area contributed by atoms with Crippen LogP contribution in [0.5, 0.6) is 0 Å². The monoisotopic (exact) mass is 239 g/mol. The molecule has 1 aromatic carbocycles. The highest BCUT2D eigenvalue weighted by atomic mass is 15.0. The molecule has 0 bridgehead atoms. The lowest BCUT2D eigenvalue weighted by Gasteiger charge is -1.97. The largest absolute Gasteiger partial charge is 0.314 e. The molecule has 1 aromatic heterocycles. The first kappa shape index (κ1) is 12.5. The lowest BCUT2D eigenvalue weighted by molar-refractivity contribution is -0.695. The Morgan fingerprint density at radius 1 is 0.944 bits per heavy atom. The normalized spacial score (nSPS) is 10.9. The summed E-state index contributed by atoms with van der Waals surface area (Å²) in [6.45, 7) is 1.99. The molecule has 0 spiro atoms. The first-order chi connectivity index (χ1) is 8.88. The molecule has 92 valence electrons. The highest BCUT2D eigenvalue weighted by Gasteiger charge is 1.97. The Hall–Kier alpha value is -1.93. The van der Waals surface area contributed by atoms with E-state index in [-0.39, 0.29) is 0 Å². The molecule has 0 atom stereocenters. The molecule has 0 radical (unpaired) electrons. The second-order valence-corrected chi connectivity index (χ2v) is 4.22. The highest BCUT2D eigenvalue weighted by Crippen LogP contribution is 2.06. The van der Waals surface area contributed by atoms with E-state index in [1.165, 1.54) is 11.1 Å². The Labute approximate surface area is 109 Å². The maximum absolute atomic E-state index is 3.14. The second-order valence-electron chi connectivity index (χ2n) is 4.22. The van der Waals surface area contributed by atoms with E-state index in [2.05, 4.69) is 70.8 Å². The summed E-state index contributed by atoms with van der Waals surface area (Å²) in [5.41, 5.74) is 2.45. The fourth-order valence-electron chi connectivity index (χ4n) is 1.73. The number of hydrogen-bond donors (Lipinski definition) is 1. The van der Waals surface area contributed by atoms with E-state index in [9.17, 15) is 0 Å². The van der Waals surface area contributed by atoms with Gasteiger partial charge in [0.2, 0.25) is 0 Å². The van der Waals surface area contributed by atoms with Gasteiger partial charge >= 0.3 is 0 Å². The first-order valence-corrected chi connectivity index (χ1v) is 6.25. The maximum atomic E-state index is 3.14. The minimum Gasteiger partial charge on any atom is -0.314 e. The Balaban J connectivity index is 2.00. The molecule has 0 saturated heterocycles. The van der Waals surface area contributed by atoms with Crippen LogP contribution in [0.15, 0.2) is 54.9 Å². The van der Waals surface area contributed by atoms with Crippen LogP contribution in [-0.4, -0.2) is 13.6 Å². The van der Waals surface area contributed by atoms with Crippen molar-refractivity contribution >= 4 is 12.2 Å². The summed E-state index contributed by atoms with van der Waals surface area (Å²) in [7, 11) is 1.97. The standard InChI is InChI=1S/C16H19N2/c1-17-11-14-18-12-9-16(10-13-18)8-7-15-5-3-2-4-6-15/h2-10,12-13,17H,11,14H2,1H3/q+1/b8-7+. The van der Waals surface area contributed by atoms with E-state index < -0.39 is 0 Å². The van der Waals surface area contributed by atoms with E-state index >= 15 is 0 Å². The second kappa shape index (κ2) is 6.72. The molecule has 2 nitrogen and oxygen atoms in total. The summed E-state index contributed by atoms with van der Waals surface area (Å²) in [6, 6.07) is 14.6. The van der Waals surface area contributed by atoms with Crippen LogP contribution in [-0.2, 0) is 6.54 Å². The summed E-state index contributed by atoms with van der Waals surface area (Å²) in [4.78, 5) is 0. The topological polar surface area (TPSA) is 15.9 Å². The van der Waals surface area contributed by atoms with Crippen LogP contribution in [0.25, 0.3) is 12.2 Å². The van der Waals surface area contributed by atoms with Crippen LogP contribution in [0.3, 0.4) is 0 Å². The van der Waals surface area contributed by atoms with Crippen molar-refractivity contribution in [2.24, 2.45) is 0 Å². The van der Waals surface area contributed by atoms with E-state index in [0.29, 0.717) is 0 Å². The van der Waals surface area contributed by atoms with E-state index in [0.717, 1.165) is 13.1 Å². The predicted molar refractivity (Wildman–Crippen MR) is 75.9 cm³/mol. The zero-order valence-corrected chi connectivity index (χ0v) is 10.7. The quantitative estimate of drug-likeness (QED) is 0.792. The number of nitrogens with one attached hydrogen (secondary N) is 1. The van der Waals surface area contributed by atoms with Crippen LogP contribution in [0.4, 0.5) is 0 Å². The average Bonchev–Trinajstić information content (AvgIpc) is 2.45. The van der Waals surface area contributed by atoms with Crippen LogP contribution in [0, 0.1) is 0 Å². The number of nitrogens with zero attached hydrogens (tertiary/aromatic N) is 1. The number of pyridine rings is 1. The molecule has 2 rings (SSSR count). The van der Waals surface area contributed by atoms with Crippen molar-refractivity contribution in [2.45, 2.75) is 6.54 Å². The number of rotatable bonds is 5. The fourth-order valence-corrected chi connectivity index (χ4v) is 1.73. The van der Waals surface area contributed by atoms with Crippen molar-refractivity contribution in [1.29, 1.82) is 0 Å². The van der Waals surface area contributed by atoms with Gasteiger partial charge in [-0.2, -0.15) is 0 Å². The first-order valence-electron chi connectivity index (χ1n) is 6.25. The summed E-state index contributed by atoms with van der Waals surface area (Å²) < 4.78 is 2.18. The fraction of sp³-hybridized carbons (Fsp3) is 0.188. The van der Waals surface area contributed by atoms with Gasteiger partial charge in [-0.3, -0.25) is 0 Å². The molecule has 18 heavy (non-hydrogen) atoms. The minimum atomic E-state index is 0.990. The van der Waals surface area contributed by atoms with Crippen LogP contribution >= 0.6 is 0 Å². The molecule has 2 aromatic rings. The molecular weight excluding hydrogens is 220 g/mol. The lowest BCUT2D eigenvalue weighted by Crippen LogP contribution is -2.37. The molecule has 0 saturated carbocycles. The van der Waals surface area contributed by atoms with E-state index in [4.69, 9.17) is 0 Å². The van der Waals surface area contributed by atoms with Crippen molar-refractivity contribution in [3.05, 3.63) is 66.0 Å². The van der Waals surface area contributed by atoms with Gasteiger partial charge in [-0.1, -0.05) is 42.5 Å². The van der Waals surface area contributed by atoms with Crippen molar-refractivity contribution in [3.63, 3.8) is 0 Å². The van der Waals surface area contributed by atoms with Crippen molar-refractivity contribution in [3.8, 4) is 0 Å². The van der Waals surface area contributed by atoms with Gasteiger partial charge < -0.3 is 5.32 Å². The molecule has 2 heteroatoms. The summed E-state index contributed by atoms with van der Waals surface area (Å²) >= 11 is 0. The maximum Gasteiger partial charge on any atom is 0.169 e. The zero-order chi connectivity index (χ0) is 12.6. The third-order valence-corrected chi connectivity index (χ3v) is 2.80. The molecule has 0 aliphatic carbocycles. The molecule has 0 aliphatic heterocycles. The van der Waals surface area contributed by atoms with Gasteiger partial charge in [-0.05, 0) is 18.2 Å². The molecule has 0 fully saturated rings. The van der Waals surface area contributed by atoms with Gasteiger partial charge in [0.05, 0.1) is 6.54 Å². The Kier molecular flexibility index (Phi) is 4.68. The SMILES string of the molecule is CNCC[n+]1ccc(/C=C/c2ccccc2)cc1. The zero-order valence-electron chi connectivity index (χ0n) is 10.7. The van der Waals surface area contributed by atoms with Gasteiger partial charge in [0.15, 0.2) is 18.9 Å². The van der Waals surface area contributed by atoms with Crippen molar-refractivity contribution in [1.82, 2.24) is 5.32 Å². The Morgan fingerprint density at radius 2 is 1.56 bits per heavy atom. The summed E-state index contributed by atoms with van der Waals surface area (Å²) in [5.74, 6) is 0.